The van der Waals surface area contributed by atoms with Crippen molar-refractivity contribution in [2.75, 3.05) is 0 Å². The van der Waals surface area contributed by atoms with Crippen molar-refractivity contribution in [2.24, 2.45) is 0 Å². The van der Waals surface area contributed by atoms with Crippen molar-refractivity contribution in [2.45, 2.75) is 25.8 Å². The SMILES string of the molecule is CCCC(NC(=O)/C(C#N)=C/c1nnco1)c1ccccc1. The van der Waals surface area contributed by atoms with Crippen LogP contribution >= 0.6 is 0 Å². The van der Waals surface area contributed by atoms with Gasteiger partial charge in [-0.1, -0.05) is 43.7 Å². The molecule has 1 aromatic heterocycles. The van der Waals surface area contributed by atoms with Crippen LogP contribution < -0.4 is 5.32 Å². The van der Waals surface area contributed by atoms with E-state index < -0.39 is 5.91 Å². The van der Waals surface area contributed by atoms with Crippen LogP contribution in [0.4, 0.5) is 0 Å². The molecule has 0 aliphatic carbocycles. The van der Waals surface area contributed by atoms with E-state index in [-0.39, 0.29) is 17.5 Å². The summed E-state index contributed by atoms with van der Waals surface area (Å²) in [6.07, 6.45) is 4.11. The lowest BCUT2D eigenvalue weighted by molar-refractivity contribution is -0.117. The minimum absolute atomic E-state index is 0.0683. The van der Waals surface area contributed by atoms with Gasteiger partial charge in [0.1, 0.15) is 11.6 Å². The van der Waals surface area contributed by atoms with E-state index in [1.807, 2.05) is 43.3 Å². The van der Waals surface area contributed by atoms with Crippen molar-refractivity contribution in [1.82, 2.24) is 15.5 Å². The van der Waals surface area contributed by atoms with Gasteiger partial charge < -0.3 is 9.73 Å². The number of nitrogens with zero attached hydrogens (tertiary/aromatic N) is 3. The third kappa shape index (κ3) is 4.03. The summed E-state index contributed by atoms with van der Waals surface area (Å²) in [5.41, 5.74) is 0.939. The molecule has 0 radical (unpaired) electrons. The highest BCUT2D eigenvalue weighted by atomic mass is 16.4. The van der Waals surface area contributed by atoms with E-state index in [2.05, 4.69) is 15.5 Å². The second-order valence-electron chi connectivity index (χ2n) is 4.67. The monoisotopic (exact) mass is 296 g/mol. The molecule has 2 rings (SSSR count). The molecule has 0 aliphatic rings. The number of rotatable bonds is 6. The van der Waals surface area contributed by atoms with E-state index in [1.165, 1.54) is 6.08 Å². The summed E-state index contributed by atoms with van der Waals surface area (Å²) in [6.45, 7) is 2.04. The van der Waals surface area contributed by atoms with E-state index in [0.29, 0.717) is 0 Å². The number of carbonyl (C=O) groups is 1. The Bertz CT molecular complexity index is 672. The van der Waals surface area contributed by atoms with E-state index in [1.54, 1.807) is 0 Å². The fourth-order valence-corrected chi connectivity index (χ4v) is 2.05. The van der Waals surface area contributed by atoms with Crippen LogP contribution in [0.25, 0.3) is 6.08 Å². The van der Waals surface area contributed by atoms with Gasteiger partial charge in [-0.25, -0.2) is 0 Å². The van der Waals surface area contributed by atoms with Crippen molar-refractivity contribution in [3.63, 3.8) is 0 Å². The van der Waals surface area contributed by atoms with E-state index >= 15 is 0 Å². The molecule has 1 aromatic carbocycles. The fraction of sp³-hybridized carbons (Fsp3) is 0.250. The van der Waals surface area contributed by atoms with Crippen LogP contribution in [0.1, 0.15) is 37.3 Å². The molecule has 0 spiro atoms. The molecule has 2 aromatic rings. The molecule has 1 atom stereocenters. The maximum absolute atomic E-state index is 12.3. The first kappa shape index (κ1) is 15.4. The predicted molar refractivity (Wildman–Crippen MR) is 80.1 cm³/mol. The maximum atomic E-state index is 12.3. The Kier molecular flexibility index (Phi) is 5.44. The Hall–Kier alpha value is -2.94. The molecule has 6 nitrogen and oxygen atoms in total. The molecule has 0 saturated carbocycles. The zero-order chi connectivity index (χ0) is 15.8. The van der Waals surface area contributed by atoms with Gasteiger partial charge in [0.05, 0.1) is 6.04 Å². The van der Waals surface area contributed by atoms with Crippen LogP contribution in [0.2, 0.25) is 0 Å². The molecule has 0 saturated heterocycles. The predicted octanol–water partition coefficient (Wildman–Crippen LogP) is 2.63. The van der Waals surface area contributed by atoms with Crippen molar-refractivity contribution in [3.8, 4) is 6.07 Å². The topological polar surface area (TPSA) is 91.8 Å². The molecule has 1 N–H and O–H groups in total. The Morgan fingerprint density at radius 3 is 2.82 bits per heavy atom. The largest absolute Gasteiger partial charge is 0.424 e. The van der Waals surface area contributed by atoms with Crippen LogP contribution in [-0.2, 0) is 4.79 Å². The molecule has 1 heterocycles. The molecule has 0 fully saturated rings. The minimum atomic E-state index is -0.456. The summed E-state index contributed by atoms with van der Waals surface area (Å²) in [6, 6.07) is 11.4. The summed E-state index contributed by atoms with van der Waals surface area (Å²) in [4.78, 5) is 12.3. The van der Waals surface area contributed by atoms with Gasteiger partial charge in [0, 0.05) is 6.08 Å². The number of hydrogen-bond acceptors (Lipinski definition) is 5. The standard InChI is InChI=1S/C16H16N4O2/c1-2-6-14(12-7-4-3-5-8-12)19-16(21)13(10-17)9-15-20-18-11-22-15/h3-5,7-9,11,14H,2,6H2,1H3,(H,19,21)/b13-9+. The lowest BCUT2D eigenvalue weighted by atomic mass is 10.0. The lowest BCUT2D eigenvalue weighted by Crippen LogP contribution is -2.29. The first-order chi connectivity index (χ1) is 10.7. The van der Waals surface area contributed by atoms with Crippen molar-refractivity contribution in [1.29, 1.82) is 5.26 Å². The number of benzene rings is 1. The number of nitrogens with one attached hydrogen (secondary N) is 1. The third-order valence-electron chi connectivity index (χ3n) is 3.09. The van der Waals surface area contributed by atoms with Gasteiger partial charge in [0.2, 0.25) is 12.3 Å². The number of hydrogen-bond donors (Lipinski definition) is 1. The smallest absolute Gasteiger partial charge is 0.262 e. The van der Waals surface area contributed by atoms with Gasteiger partial charge in [-0.15, -0.1) is 10.2 Å². The number of nitriles is 1. The zero-order valence-corrected chi connectivity index (χ0v) is 12.2. The van der Waals surface area contributed by atoms with Gasteiger partial charge in [0.25, 0.3) is 5.91 Å². The average molecular weight is 296 g/mol. The second kappa shape index (κ2) is 7.74. The van der Waals surface area contributed by atoms with E-state index in [4.69, 9.17) is 9.68 Å². The summed E-state index contributed by atoms with van der Waals surface area (Å²) in [5, 5.41) is 19.2. The van der Waals surface area contributed by atoms with E-state index in [9.17, 15) is 4.79 Å². The summed E-state index contributed by atoms with van der Waals surface area (Å²) in [5.74, 6) is -0.332. The van der Waals surface area contributed by atoms with Gasteiger partial charge in [-0.3, -0.25) is 4.79 Å². The first-order valence-electron chi connectivity index (χ1n) is 6.98. The molecule has 112 valence electrons. The Morgan fingerprint density at radius 2 is 2.23 bits per heavy atom. The number of carbonyl (C=O) groups excluding carboxylic acids is 1. The van der Waals surface area contributed by atoms with Crippen molar-refractivity contribution < 1.29 is 9.21 Å². The second-order valence-corrected chi connectivity index (χ2v) is 4.67. The summed E-state index contributed by atoms with van der Waals surface area (Å²) >= 11 is 0. The van der Waals surface area contributed by atoms with Crippen LogP contribution in [-0.4, -0.2) is 16.1 Å². The Morgan fingerprint density at radius 1 is 1.45 bits per heavy atom. The van der Waals surface area contributed by atoms with Crippen LogP contribution in [0, 0.1) is 11.3 Å². The van der Waals surface area contributed by atoms with Gasteiger partial charge in [-0.2, -0.15) is 5.26 Å². The third-order valence-corrected chi connectivity index (χ3v) is 3.09. The highest BCUT2D eigenvalue weighted by Crippen LogP contribution is 2.18. The lowest BCUT2D eigenvalue weighted by Gasteiger charge is -2.18. The molecular weight excluding hydrogens is 280 g/mol. The van der Waals surface area contributed by atoms with Crippen LogP contribution in [0.5, 0.6) is 0 Å². The maximum Gasteiger partial charge on any atom is 0.262 e. The molecule has 1 unspecified atom stereocenters. The fourth-order valence-electron chi connectivity index (χ4n) is 2.05. The first-order valence-corrected chi connectivity index (χ1v) is 6.98. The molecule has 0 bridgehead atoms. The molecule has 22 heavy (non-hydrogen) atoms. The van der Waals surface area contributed by atoms with Crippen molar-refractivity contribution in [3.05, 3.63) is 53.8 Å². The minimum Gasteiger partial charge on any atom is -0.424 e. The quantitative estimate of drug-likeness (QED) is 0.653. The van der Waals surface area contributed by atoms with Gasteiger partial charge >= 0.3 is 0 Å². The summed E-state index contributed by atoms with van der Waals surface area (Å²) in [7, 11) is 0. The van der Waals surface area contributed by atoms with E-state index in [0.717, 1.165) is 24.8 Å². The highest BCUT2D eigenvalue weighted by molar-refractivity contribution is 6.01. The normalized spacial score (nSPS) is 12.5. The molecule has 6 heteroatoms. The highest BCUT2D eigenvalue weighted by Gasteiger charge is 2.17. The molecular formula is C16H16N4O2. The molecule has 1 amide bonds. The zero-order valence-electron chi connectivity index (χ0n) is 12.2. The number of amides is 1. The van der Waals surface area contributed by atoms with Gasteiger partial charge in [-0.05, 0) is 12.0 Å². The Labute approximate surface area is 128 Å². The average Bonchev–Trinajstić information content (AvgIpc) is 3.06. The Balaban J connectivity index is 2.15. The number of aromatic nitrogens is 2. The van der Waals surface area contributed by atoms with Crippen LogP contribution in [0.15, 0.2) is 46.7 Å². The van der Waals surface area contributed by atoms with Gasteiger partial charge in [0.15, 0.2) is 0 Å². The summed E-state index contributed by atoms with van der Waals surface area (Å²) < 4.78 is 4.92. The van der Waals surface area contributed by atoms with Crippen molar-refractivity contribution >= 4 is 12.0 Å². The molecule has 0 aliphatic heterocycles. The van der Waals surface area contributed by atoms with Crippen LogP contribution in [0.3, 0.4) is 0 Å².